The van der Waals surface area contributed by atoms with Crippen molar-refractivity contribution in [3.8, 4) is 17.2 Å². The van der Waals surface area contributed by atoms with Gasteiger partial charge in [-0.2, -0.15) is 17.5 Å². The van der Waals surface area contributed by atoms with Gasteiger partial charge in [-0.05, 0) is 36.4 Å². The second-order valence-electron chi connectivity index (χ2n) is 8.91. The van der Waals surface area contributed by atoms with Gasteiger partial charge in [0.1, 0.15) is 17.0 Å². The molecule has 0 spiro atoms. The maximum atomic E-state index is 13.4. The number of piperazine rings is 1. The second kappa shape index (κ2) is 10.5. The molecule has 0 radical (unpaired) electrons. The van der Waals surface area contributed by atoms with Crippen molar-refractivity contribution in [2.45, 2.75) is 17.6 Å². The predicted molar refractivity (Wildman–Crippen MR) is 138 cm³/mol. The molecular weight excluding hydrogens is 551 g/mol. The molecule has 40 heavy (non-hydrogen) atoms. The first kappa shape index (κ1) is 27.6. The summed E-state index contributed by atoms with van der Waals surface area (Å²) in [6, 6.07) is 13.1. The third-order valence-corrected chi connectivity index (χ3v) is 8.47. The minimum Gasteiger partial charge on any atom is -0.494 e. The quantitative estimate of drug-likeness (QED) is 0.370. The van der Waals surface area contributed by atoms with Gasteiger partial charge in [0.15, 0.2) is 11.5 Å². The Morgan fingerprint density at radius 2 is 1.73 bits per heavy atom. The maximum absolute atomic E-state index is 13.4. The van der Waals surface area contributed by atoms with Gasteiger partial charge in [0.05, 0.1) is 18.6 Å². The highest BCUT2D eigenvalue weighted by molar-refractivity contribution is 7.89. The number of ether oxygens (including phenoxy) is 1. The van der Waals surface area contributed by atoms with Crippen LogP contribution in [0.2, 0.25) is 0 Å². The molecule has 2 N–H and O–H groups in total. The van der Waals surface area contributed by atoms with Crippen LogP contribution in [-0.2, 0) is 22.7 Å². The number of halogens is 3. The zero-order valence-electron chi connectivity index (χ0n) is 21.2. The molecule has 1 aliphatic heterocycles. The van der Waals surface area contributed by atoms with E-state index in [9.17, 15) is 26.4 Å². The largest absolute Gasteiger partial charge is 0.494 e. The number of nitrogens with two attached hydrogens (primary N) is 1. The molecule has 0 saturated carbocycles. The van der Waals surface area contributed by atoms with Crippen LogP contribution in [0.5, 0.6) is 5.75 Å². The molecular formula is C26H24F3N5O5S. The Balaban J connectivity index is 1.42. The molecule has 1 amide bonds. The van der Waals surface area contributed by atoms with Crippen LogP contribution in [0.1, 0.15) is 21.9 Å². The summed E-state index contributed by atoms with van der Waals surface area (Å²) in [6.07, 6.45) is -4.66. The number of oxazole rings is 1. The van der Waals surface area contributed by atoms with Crippen LogP contribution in [0, 0.1) is 0 Å². The van der Waals surface area contributed by atoms with E-state index < -0.39 is 27.8 Å². The Hall–Kier alpha value is -4.01. The van der Waals surface area contributed by atoms with Crippen molar-refractivity contribution >= 4 is 26.8 Å². The van der Waals surface area contributed by atoms with Crippen LogP contribution in [0.25, 0.3) is 22.4 Å². The third-order valence-electron chi connectivity index (χ3n) is 6.55. The molecule has 0 aliphatic carbocycles. The first-order valence-electron chi connectivity index (χ1n) is 12.1. The average Bonchev–Trinajstić information content (AvgIpc) is 3.40. The fourth-order valence-corrected chi connectivity index (χ4v) is 5.94. The van der Waals surface area contributed by atoms with Crippen molar-refractivity contribution in [3.63, 3.8) is 0 Å². The minimum atomic E-state index is -4.66. The molecule has 2 aromatic heterocycles. The Morgan fingerprint density at radius 1 is 1.02 bits per heavy atom. The van der Waals surface area contributed by atoms with Crippen molar-refractivity contribution in [2.75, 3.05) is 33.3 Å². The van der Waals surface area contributed by atoms with E-state index in [0.717, 1.165) is 6.07 Å². The average molecular weight is 576 g/mol. The first-order valence-corrected chi connectivity index (χ1v) is 13.6. The zero-order chi connectivity index (χ0) is 28.7. The van der Waals surface area contributed by atoms with Gasteiger partial charge < -0.3 is 19.8 Å². The van der Waals surface area contributed by atoms with Crippen molar-refractivity contribution in [1.29, 1.82) is 0 Å². The minimum absolute atomic E-state index is 0.0247. The number of amides is 1. The molecule has 2 aromatic carbocycles. The van der Waals surface area contributed by atoms with Crippen molar-refractivity contribution < 1.29 is 35.5 Å². The Morgan fingerprint density at radius 3 is 2.35 bits per heavy atom. The lowest BCUT2D eigenvalue weighted by Crippen LogP contribution is -2.50. The zero-order valence-corrected chi connectivity index (χ0v) is 22.0. The first-order chi connectivity index (χ1) is 19.0. The van der Waals surface area contributed by atoms with Crippen molar-refractivity contribution in [3.05, 3.63) is 71.7 Å². The molecule has 14 heteroatoms. The number of methoxy groups -OCH3 is 1. The third kappa shape index (κ3) is 5.00. The summed E-state index contributed by atoms with van der Waals surface area (Å²) in [5.41, 5.74) is 4.93. The summed E-state index contributed by atoms with van der Waals surface area (Å²) in [5, 5.41) is 0.274. The summed E-state index contributed by atoms with van der Waals surface area (Å²) in [6.45, 7) is 0.240. The number of aromatic nitrogens is 2. The second-order valence-corrected chi connectivity index (χ2v) is 10.8. The topological polar surface area (TPSA) is 132 Å². The van der Waals surface area contributed by atoms with Gasteiger partial charge in [-0.1, -0.05) is 18.2 Å². The number of hydrogen-bond donors (Lipinski definition) is 1. The highest BCUT2D eigenvalue weighted by Crippen LogP contribution is 2.37. The van der Waals surface area contributed by atoms with Crippen molar-refractivity contribution in [2.24, 2.45) is 5.73 Å². The van der Waals surface area contributed by atoms with Crippen LogP contribution < -0.4 is 10.5 Å². The van der Waals surface area contributed by atoms with Crippen LogP contribution in [0.15, 0.2) is 63.9 Å². The number of sulfonamides is 1. The Kier molecular flexibility index (Phi) is 7.25. The van der Waals surface area contributed by atoms with Gasteiger partial charge in [-0.15, -0.1) is 0 Å². The molecule has 1 saturated heterocycles. The van der Waals surface area contributed by atoms with Crippen LogP contribution >= 0.6 is 0 Å². The highest BCUT2D eigenvalue weighted by atomic mass is 32.2. The molecule has 4 aromatic rings. The number of rotatable bonds is 6. The summed E-state index contributed by atoms with van der Waals surface area (Å²) in [5.74, 6) is -0.316. The predicted octanol–water partition coefficient (Wildman–Crippen LogP) is 3.52. The molecule has 210 valence electrons. The van der Waals surface area contributed by atoms with Crippen LogP contribution in [0.3, 0.4) is 0 Å². The molecule has 0 bridgehead atoms. The standard InChI is InChI=1S/C26H24F3N5O5S/c1-38-19-9-7-18(17-8-10-21(26(27,28)29)31-22(17)19)24-32-23(20(15-30)39-24)25(35)33-11-13-34(14-12-33)40(36,37)16-5-3-2-4-6-16/h2-10H,11-15,30H2,1H3. The van der Waals surface area contributed by atoms with Crippen LogP contribution in [0.4, 0.5) is 13.2 Å². The van der Waals surface area contributed by atoms with Gasteiger partial charge in [-0.3, -0.25) is 4.79 Å². The van der Waals surface area contributed by atoms with E-state index in [1.54, 1.807) is 24.3 Å². The van der Waals surface area contributed by atoms with E-state index in [4.69, 9.17) is 14.9 Å². The smallest absolute Gasteiger partial charge is 0.433 e. The molecule has 10 nitrogen and oxygen atoms in total. The monoisotopic (exact) mass is 575 g/mol. The number of carbonyl (C=O) groups excluding carboxylic acids is 1. The Labute approximate surface area is 227 Å². The number of carbonyl (C=O) groups is 1. The van der Waals surface area contributed by atoms with E-state index in [2.05, 4.69) is 9.97 Å². The summed E-state index contributed by atoms with van der Waals surface area (Å²) in [7, 11) is -2.39. The molecule has 1 fully saturated rings. The van der Waals surface area contributed by atoms with Crippen molar-refractivity contribution in [1.82, 2.24) is 19.2 Å². The normalized spacial score (nSPS) is 15.0. The van der Waals surface area contributed by atoms with Gasteiger partial charge in [0, 0.05) is 37.1 Å². The van der Waals surface area contributed by atoms with Gasteiger partial charge in [-0.25, -0.2) is 18.4 Å². The molecule has 0 atom stereocenters. The molecule has 3 heterocycles. The maximum Gasteiger partial charge on any atom is 0.433 e. The molecule has 5 rings (SSSR count). The van der Waals surface area contributed by atoms with Gasteiger partial charge in [0.2, 0.25) is 15.9 Å². The number of hydrogen-bond acceptors (Lipinski definition) is 8. The van der Waals surface area contributed by atoms with E-state index in [1.165, 1.54) is 40.6 Å². The summed E-state index contributed by atoms with van der Waals surface area (Å²) < 4.78 is 78.0. The number of benzene rings is 2. The number of fused-ring (bicyclic) bond motifs is 1. The fraction of sp³-hybridized carbons (Fsp3) is 0.269. The summed E-state index contributed by atoms with van der Waals surface area (Å²) in [4.78, 5) is 23.1. The lowest BCUT2D eigenvalue weighted by atomic mass is 10.1. The van der Waals surface area contributed by atoms with E-state index in [0.29, 0.717) is 5.56 Å². The lowest BCUT2D eigenvalue weighted by molar-refractivity contribution is -0.140. The number of nitrogens with zero attached hydrogens (tertiary/aromatic N) is 4. The number of alkyl halides is 3. The Bertz CT molecular complexity index is 1670. The molecule has 1 aliphatic rings. The highest BCUT2D eigenvalue weighted by Gasteiger charge is 2.34. The van der Waals surface area contributed by atoms with Gasteiger partial charge >= 0.3 is 6.18 Å². The SMILES string of the molecule is COc1ccc(-c2nc(C(=O)N3CCN(S(=O)(=O)c4ccccc4)CC3)c(CN)o2)c2ccc(C(F)(F)F)nc12. The van der Waals surface area contributed by atoms with Crippen LogP contribution in [-0.4, -0.2) is 66.8 Å². The summed E-state index contributed by atoms with van der Waals surface area (Å²) >= 11 is 0. The van der Waals surface area contributed by atoms with E-state index >= 15 is 0 Å². The van der Waals surface area contributed by atoms with E-state index in [1.807, 2.05) is 0 Å². The number of pyridine rings is 1. The lowest BCUT2D eigenvalue weighted by Gasteiger charge is -2.33. The van der Waals surface area contributed by atoms with E-state index in [-0.39, 0.29) is 71.6 Å². The molecule has 0 unspecified atom stereocenters. The fourth-order valence-electron chi connectivity index (χ4n) is 4.50. The van der Waals surface area contributed by atoms with Gasteiger partial charge in [0.25, 0.3) is 5.91 Å².